The maximum atomic E-state index is 13.5. The molecule has 4 atom stereocenters. The predicted molar refractivity (Wildman–Crippen MR) is 116 cm³/mol. The molecule has 1 heterocycles. The summed E-state index contributed by atoms with van der Waals surface area (Å²) in [5.41, 5.74) is 5.81. The highest BCUT2D eigenvalue weighted by atomic mass is 19.1. The smallest absolute Gasteiger partial charge is 0.410 e. The zero-order valence-corrected chi connectivity index (χ0v) is 18.5. The van der Waals surface area contributed by atoms with E-state index in [2.05, 4.69) is 0 Å². The van der Waals surface area contributed by atoms with Crippen LogP contribution in [0.3, 0.4) is 0 Å². The Morgan fingerprint density at radius 2 is 1.81 bits per heavy atom. The van der Waals surface area contributed by atoms with Crippen LogP contribution in [0.2, 0.25) is 0 Å². The third-order valence-corrected chi connectivity index (χ3v) is 5.21. The lowest BCUT2D eigenvalue weighted by Gasteiger charge is -2.33. The minimum atomic E-state index is -1.15. The molecule has 0 bridgehead atoms. The number of nitrogens with zero attached hydrogens (tertiary/aromatic N) is 1. The minimum absolute atomic E-state index is 0.0404. The molecule has 1 saturated heterocycles. The number of aliphatic hydroxyl groups excluding tert-OH is 1. The quantitative estimate of drug-likeness (QED) is 0.705. The van der Waals surface area contributed by atoms with Crippen molar-refractivity contribution in [3.8, 4) is 5.75 Å². The van der Waals surface area contributed by atoms with Gasteiger partial charge in [0.2, 0.25) is 0 Å². The normalized spacial score (nSPS) is 20.7. The van der Waals surface area contributed by atoms with Crippen molar-refractivity contribution >= 4 is 6.09 Å². The molecule has 0 aliphatic carbocycles. The molecule has 32 heavy (non-hydrogen) atoms. The van der Waals surface area contributed by atoms with E-state index in [0.29, 0.717) is 17.7 Å². The number of likely N-dealkylation sites (tertiary alicyclic amines) is 1. The van der Waals surface area contributed by atoms with Crippen molar-refractivity contribution in [2.24, 2.45) is 5.73 Å². The monoisotopic (exact) mass is 448 g/mol. The van der Waals surface area contributed by atoms with E-state index in [1.165, 1.54) is 17.0 Å². The molecule has 0 unspecified atom stereocenters. The van der Waals surface area contributed by atoms with Gasteiger partial charge >= 0.3 is 6.09 Å². The minimum Gasteiger partial charge on any atom is -0.489 e. The van der Waals surface area contributed by atoms with Crippen LogP contribution in [0.5, 0.6) is 5.75 Å². The summed E-state index contributed by atoms with van der Waals surface area (Å²) in [6.07, 6.45) is -1.73. The van der Waals surface area contributed by atoms with Crippen LogP contribution in [0.15, 0.2) is 48.5 Å². The van der Waals surface area contributed by atoms with E-state index >= 15 is 0 Å². The van der Waals surface area contributed by atoms with Crippen molar-refractivity contribution in [3.63, 3.8) is 0 Å². The molecule has 0 saturated carbocycles. The Balaban J connectivity index is 1.76. The third kappa shape index (κ3) is 6.40. The van der Waals surface area contributed by atoms with Gasteiger partial charge in [0.15, 0.2) is 0 Å². The average molecular weight is 449 g/mol. The summed E-state index contributed by atoms with van der Waals surface area (Å²) in [4.78, 5) is 14.3. The number of rotatable bonds is 6. The standard InChI is InChI=1S/C24H30F2N2O4/c1-24(2,3)32-23(30)28-14-19(31-18-7-5-4-6-8-18)13-21(28)22(29)20(27)11-15-9-16(25)12-17(26)10-15/h4-10,12,19-22,29H,11,13-14,27H2,1-3H3/t19-,20+,21-,22+/m1/s1. The van der Waals surface area contributed by atoms with Crippen LogP contribution in [0.4, 0.5) is 13.6 Å². The summed E-state index contributed by atoms with van der Waals surface area (Å²) >= 11 is 0. The van der Waals surface area contributed by atoms with Crippen LogP contribution in [0.25, 0.3) is 0 Å². The molecule has 2 aromatic rings. The van der Waals surface area contributed by atoms with Gasteiger partial charge < -0.3 is 20.3 Å². The molecular formula is C24H30F2N2O4. The summed E-state index contributed by atoms with van der Waals surface area (Å²) in [6, 6.07) is 10.8. The van der Waals surface area contributed by atoms with E-state index in [1.807, 2.05) is 30.3 Å². The fraction of sp³-hybridized carbons (Fsp3) is 0.458. The number of halogens is 2. The lowest BCUT2D eigenvalue weighted by Crippen LogP contribution is -2.52. The van der Waals surface area contributed by atoms with Gasteiger partial charge in [0.25, 0.3) is 0 Å². The van der Waals surface area contributed by atoms with Gasteiger partial charge in [0.1, 0.15) is 29.1 Å². The molecule has 0 radical (unpaired) electrons. The number of carbonyl (C=O) groups excluding carboxylic acids is 1. The molecule has 1 fully saturated rings. The highest BCUT2D eigenvalue weighted by Crippen LogP contribution is 2.28. The number of carbonyl (C=O) groups is 1. The van der Waals surface area contributed by atoms with Gasteiger partial charge in [-0.05, 0) is 57.0 Å². The number of aliphatic hydroxyl groups is 1. The Labute approximate surface area is 186 Å². The first-order chi connectivity index (χ1) is 15.0. The second kappa shape index (κ2) is 9.83. The van der Waals surface area contributed by atoms with Crippen molar-refractivity contribution in [1.82, 2.24) is 4.90 Å². The van der Waals surface area contributed by atoms with E-state index < -0.39 is 41.5 Å². The van der Waals surface area contributed by atoms with Crippen LogP contribution in [-0.4, -0.2) is 52.5 Å². The Morgan fingerprint density at radius 3 is 2.41 bits per heavy atom. The van der Waals surface area contributed by atoms with Gasteiger partial charge in [-0.1, -0.05) is 18.2 Å². The van der Waals surface area contributed by atoms with Gasteiger partial charge in [0, 0.05) is 18.5 Å². The molecule has 1 amide bonds. The van der Waals surface area contributed by atoms with Gasteiger partial charge in [-0.15, -0.1) is 0 Å². The molecule has 174 valence electrons. The topological polar surface area (TPSA) is 85.0 Å². The highest BCUT2D eigenvalue weighted by molar-refractivity contribution is 5.69. The van der Waals surface area contributed by atoms with E-state index in [4.69, 9.17) is 15.2 Å². The highest BCUT2D eigenvalue weighted by Gasteiger charge is 2.43. The van der Waals surface area contributed by atoms with E-state index in [9.17, 15) is 18.7 Å². The van der Waals surface area contributed by atoms with Crippen LogP contribution >= 0.6 is 0 Å². The first-order valence-corrected chi connectivity index (χ1v) is 10.6. The average Bonchev–Trinajstić information content (AvgIpc) is 3.10. The largest absolute Gasteiger partial charge is 0.489 e. The second-order valence-corrected chi connectivity index (χ2v) is 9.12. The van der Waals surface area contributed by atoms with Gasteiger partial charge in [-0.2, -0.15) is 0 Å². The number of hydrogen-bond acceptors (Lipinski definition) is 5. The van der Waals surface area contributed by atoms with Crippen molar-refractivity contribution in [1.29, 1.82) is 0 Å². The lowest BCUT2D eigenvalue weighted by molar-refractivity contribution is 0.000599. The van der Waals surface area contributed by atoms with Crippen LogP contribution < -0.4 is 10.5 Å². The van der Waals surface area contributed by atoms with Crippen LogP contribution in [0.1, 0.15) is 32.8 Å². The molecule has 3 rings (SSSR count). The zero-order chi connectivity index (χ0) is 23.5. The molecule has 1 aliphatic heterocycles. The van der Waals surface area contributed by atoms with Crippen molar-refractivity contribution < 1.29 is 28.2 Å². The molecule has 0 spiro atoms. The Hall–Kier alpha value is -2.71. The predicted octanol–water partition coefficient (Wildman–Crippen LogP) is 3.65. The van der Waals surface area contributed by atoms with E-state index in [0.717, 1.165) is 6.07 Å². The van der Waals surface area contributed by atoms with E-state index in [1.54, 1.807) is 20.8 Å². The first-order valence-electron chi connectivity index (χ1n) is 10.6. The third-order valence-electron chi connectivity index (χ3n) is 5.21. The van der Waals surface area contributed by atoms with Crippen LogP contribution in [-0.2, 0) is 11.2 Å². The zero-order valence-electron chi connectivity index (χ0n) is 18.5. The Morgan fingerprint density at radius 1 is 1.19 bits per heavy atom. The number of para-hydroxylation sites is 1. The fourth-order valence-corrected chi connectivity index (χ4v) is 3.86. The second-order valence-electron chi connectivity index (χ2n) is 9.12. The number of hydrogen-bond donors (Lipinski definition) is 2. The van der Waals surface area contributed by atoms with Crippen molar-refractivity contribution in [2.45, 2.75) is 63.5 Å². The molecule has 0 aromatic heterocycles. The number of benzene rings is 2. The molecule has 8 heteroatoms. The van der Waals surface area contributed by atoms with Crippen molar-refractivity contribution in [3.05, 3.63) is 65.7 Å². The molecular weight excluding hydrogens is 418 g/mol. The fourth-order valence-electron chi connectivity index (χ4n) is 3.86. The number of ether oxygens (including phenoxy) is 2. The summed E-state index contributed by atoms with van der Waals surface area (Å²) < 4.78 is 38.6. The Bertz CT molecular complexity index is 900. The SMILES string of the molecule is CC(C)(C)OC(=O)N1C[C@H](Oc2ccccc2)C[C@@H]1[C@@H](O)[C@@H](N)Cc1cc(F)cc(F)c1. The summed E-state index contributed by atoms with van der Waals surface area (Å²) in [7, 11) is 0. The molecule has 2 aromatic carbocycles. The number of amides is 1. The maximum absolute atomic E-state index is 13.5. The lowest BCUT2D eigenvalue weighted by atomic mass is 9.95. The van der Waals surface area contributed by atoms with Crippen molar-refractivity contribution in [2.75, 3.05) is 6.54 Å². The maximum Gasteiger partial charge on any atom is 0.410 e. The van der Waals surface area contributed by atoms with Gasteiger partial charge in [-0.25, -0.2) is 13.6 Å². The van der Waals surface area contributed by atoms with E-state index in [-0.39, 0.29) is 19.1 Å². The Kier molecular flexibility index (Phi) is 7.36. The number of nitrogens with two attached hydrogens (primary N) is 1. The molecule has 6 nitrogen and oxygen atoms in total. The van der Waals surface area contributed by atoms with Gasteiger partial charge in [-0.3, -0.25) is 4.90 Å². The first kappa shape index (κ1) is 23.9. The molecule has 1 aliphatic rings. The van der Waals surface area contributed by atoms with Gasteiger partial charge in [0.05, 0.1) is 18.7 Å². The summed E-state index contributed by atoms with van der Waals surface area (Å²) in [5, 5.41) is 11.0. The van der Waals surface area contributed by atoms with Crippen LogP contribution in [0, 0.1) is 11.6 Å². The summed E-state index contributed by atoms with van der Waals surface area (Å²) in [6.45, 7) is 5.49. The molecule has 3 N–H and O–H groups in total. The summed E-state index contributed by atoms with van der Waals surface area (Å²) in [5.74, 6) is -0.778.